The van der Waals surface area contributed by atoms with Crippen molar-refractivity contribution in [2.24, 2.45) is 11.7 Å². The van der Waals surface area contributed by atoms with Gasteiger partial charge in [-0.05, 0) is 30.5 Å². The summed E-state index contributed by atoms with van der Waals surface area (Å²) in [5, 5.41) is 0. The predicted molar refractivity (Wildman–Crippen MR) is 103 cm³/mol. The van der Waals surface area contributed by atoms with Gasteiger partial charge in [-0.3, -0.25) is 5.43 Å². The number of hydrazine groups is 1. The molecule has 1 saturated carbocycles. The Morgan fingerprint density at radius 2 is 1.96 bits per heavy atom. The highest BCUT2D eigenvalue weighted by Crippen LogP contribution is 2.36. The summed E-state index contributed by atoms with van der Waals surface area (Å²) in [6.45, 7) is 1.60. The average Bonchev–Trinajstić information content (AvgIpc) is 3.07. The monoisotopic (exact) mass is 371 g/mol. The Hall–Kier alpha value is -2.29. The third kappa shape index (κ3) is 3.87. The van der Waals surface area contributed by atoms with Crippen molar-refractivity contribution in [1.82, 2.24) is 20.8 Å². The molecule has 0 amide bonds. The molecule has 2 fully saturated rings. The van der Waals surface area contributed by atoms with Crippen molar-refractivity contribution < 1.29 is 4.39 Å². The van der Waals surface area contributed by atoms with Crippen molar-refractivity contribution in [3.8, 4) is 0 Å². The van der Waals surface area contributed by atoms with Gasteiger partial charge in [0.05, 0.1) is 11.7 Å². The van der Waals surface area contributed by atoms with Gasteiger partial charge >= 0.3 is 0 Å². The lowest BCUT2D eigenvalue weighted by Crippen LogP contribution is -2.35. The molecule has 2 aromatic rings. The van der Waals surface area contributed by atoms with Crippen LogP contribution in [0.25, 0.3) is 0 Å². The highest BCUT2D eigenvalue weighted by molar-refractivity contribution is 5.44. The minimum absolute atomic E-state index is 0.108. The van der Waals surface area contributed by atoms with Gasteiger partial charge in [-0.2, -0.15) is 4.98 Å². The molecule has 8 heteroatoms. The lowest BCUT2D eigenvalue weighted by molar-refractivity contribution is 0.345. The molecule has 2 unspecified atom stereocenters. The Labute approximate surface area is 158 Å². The first-order chi connectivity index (χ1) is 13.0. The van der Waals surface area contributed by atoms with Crippen molar-refractivity contribution in [1.29, 1.82) is 0 Å². The van der Waals surface area contributed by atoms with Crippen LogP contribution in [0.5, 0.6) is 0 Å². The molecule has 1 aliphatic heterocycles. The number of rotatable bonds is 5. The smallest absolute Gasteiger partial charge is 0.222 e. The number of anilines is 2. The quantitative estimate of drug-likeness (QED) is 0.628. The number of nitrogen functional groups attached to an aromatic ring is 1. The Morgan fingerprint density at radius 1 is 1.22 bits per heavy atom. The molecule has 1 aromatic heterocycles. The lowest BCUT2D eigenvalue weighted by Gasteiger charge is -2.32. The van der Waals surface area contributed by atoms with Crippen molar-refractivity contribution in [3.05, 3.63) is 47.4 Å². The number of halogens is 1. The highest BCUT2D eigenvalue weighted by Gasteiger charge is 2.31. The molecule has 1 aliphatic carbocycles. The fourth-order valence-corrected chi connectivity index (χ4v) is 3.96. The Morgan fingerprint density at radius 3 is 2.67 bits per heavy atom. The maximum Gasteiger partial charge on any atom is 0.222 e. The summed E-state index contributed by atoms with van der Waals surface area (Å²) in [6, 6.07) is 9.04. The average molecular weight is 371 g/mol. The standard InChI is InChI=1S/C19H26FN7/c1-27(17-8-16(24-19(22)25-17)12-6-15(21)7-12)10-13-9-23-26-18(13)11-2-4-14(20)5-3-11/h2-5,8,12-13,15,18,23,26H,6-7,9-10,21H2,1H3,(H2,22,24,25). The van der Waals surface area contributed by atoms with E-state index in [1.54, 1.807) is 0 Å². The fourth-order valence-electron chi connectivity index (χ4n) is 3.96. The topological polar surface area (TPSA) is 105 Å². The van der Waals surface area contributed by atoms with Gasteiger partial charge < -0.3 is 16.4 Å². The molecule has 0 radical (unpaired) electrons. The summed E-state index contributed by atoms with van der Waals surface area (Å²) in [5.74, 6) is 1.57. The highest BCUT2D eigenvalue weighted by atomic mass is 19.1. The van der Waals surface area contributed by atoms with Crippen LogP contribution in [-0.4, -0.2) is 36.1 Å². The number of aromatic nitrogens is 2. The molecule has 4 rings (SSSR count). The second-order valence-corrected chi connectivity index (χ2v) is 7.63. The minimum Gasteiger partial charge on any atom is -0.368 e. The Kier molecular flexibility index (Phi) is 4.94. The van der Waals surface area contributed by atoms with E-state index in [1.165, 1.54) is 12.1 Å². The van der Waals surface area contributed by atoms with Crippen LogP contribution < -0.4 is 27.2 Å². The van der Waals surface area contributed by atoms with Gasteiger partial charge in [0.2, 0.25) is 5.95 Å². The molecule has 0 spiro atoms. The molecule has 2 atom stereocenters. The van der Waals surface area contributed by atoms with Crippen LogP contribution in [0, 0.1) is 11.7 Å². The van der Waals surface area contributed by atoms with Gasteiger partial charge in [0.15, 0.2) is 0 Å². The number of benzene rings is 1. The number of nitrogens with one attached hydrogen (secondary N) is 2. The first-order valence-corrected chi connectivity index (χ1v) is 9.34. The molecule has 6 N–H and O–H groups in total. The van der Waals surface area contributed by atoms with Gasteiger partial charge in [-0.15, -0.1) is 0 Å². The largest absolute Gasteiger partial charge is 0.368 e. The molecule has 7 nitrogen and oxygen atoms in total. The van der Waals surface area contributed by atoms with Gasteiger partial charge in [-0.1, -0.05) is 12.1 Å². The molecule has 0 bridgehead atoms. The van der Waals surface area contributed by atoms with Crippen LogP contribution in [0.3, 0.4) is 0 Å². The summed E-state index contributed by atoms with van der Waals surface area (Å²) in [4.78, 5) is 10.9. The molecule has 144 valence electrons. The third-order valence-corrected chi connectivity index (χ3v) is 5.56. The zero-order valence-electron chi connectivity index (χ0n) is 15.4. The summed E-state index contributed by atoms with van der Waals surface area (Å²) in [5.41, 5.74) is 20.4. The number of hydrogen-bond donors (Lipinski definition) is 4. The second-order valence-electron chi connectivity index (χ2n) is 7.63. The van der Waals surface area contributed by atoms with Crippen LogP contribution in [0.15, 0.2) is 30.3 Å². The first kappa shape index (κ1) is 18.1. The summed E-state index contributed by atoms with van der Waals surface area (Å²) >= 11 is 0. The fraction of sp³-hybridized carbons (Fsp3) is 0.474. The molecule has 2 aliphatic rings. The van der Waals surface area contributed by atoms with Crippen LogP contribution >= 0.6 is 0 Å². The molecule has 1 saturated heterocycles. The van der Waals surface area contributed by atoms with Crippen LogP contribution in [0.2, 0.25) is 0 Å². The van der Waals surface area contributed by atoms with E-state index in [1.807, 2.05) is 25.2 Å². The van der Waals surface area contributed by atoms with E-state index in [0.717, 1.165) is 43.0 Å². The zero-order valence-corrected chi connectivity index (χ0v) is 15.4. The van der Waals surface area contributed by atoms with Gasteiger partial charge in [0.1, 0.15) is 11.6 Å². The molecule has 27 heavy (non-hydrogen) atoms. The van der Waals surface area contributed by atoms with E-state index in [2.05, 4.69) is 25.7 Å². The van der Waals surface area contributed by atoms with E-state index in [9.17, 15) is 4.39 Å². The first-order valence-electron chi connectivity index (χ1n) is 9.34. The number of nitrogens with zero attached hydrogens (tertiary/aromatic N) is 3. The van der Waals surface area contributed by atoms with Crippen LogP contribution in [-0.2, 0) is 0 Å². The summed E-state index contributed by atoms with van der Waals surface area (Å²) < 4.78 is 13.2. The van der Waals surface area contributed by atoms with Crippen molar-refractivity contribution in [3.63, 3.8) is 0 Å². The van der Waals surface area contributed by atoms with Crippen molar-refractivity contribution >= 4 is 11.8 Å². The van der Waals surface area contributed by atoms with Gasteiger partial charge in [-0.25, -0.2) is 14.8 Å². The van der Waals surface area contributed by atoms with E-state index in [0.29, 0.717) is 17.8 Å². The molecule has 1 aromatic carbocycles. The maximum absolute atomic E-state index is 13.2. The van der Waals surface area contributed by atoms with E-state index in [-0.39, 0.29) is 17.9 Å². The van der Waals surface area contributed by atoms with E-state index >= 15 is 0 Å². The third-order valence-electron chi connectivity index (χ3n) is 5.56. The second kappa shape index (κ2) is 7.38. The minimum atomic E-state index is -0.224. The Balaban J connectivity index is 1.48. The number of hydrogen-bond acceptors (Lipinski definition) is 7. The van der Waals surface area contributed by atoms with Crippen molar-refractivity contribution in [2.45, 2.75) is 30.8 Å². The van der Waals surface area contributed by atoms with E-state index in [4.69, 9.17) is 11.5 Å². The van der Waals surface area contributed by atoms with Crippen LogP contribution in [0.4, 0.5) is 16.2 Å². The predicted octanol–water partition coefficient (Wildman–Crippen LogP) is 1.30. The molecular weight excluding hydrogens is 345 g/mol. The Bertz CT molecular complexity index is 791. The lowest BCUT2D eigenvalue weighted by atomic mass is 9.78. The normalized spacial score (nSPS) is 27.4. The van der Waals surface area contributed by atoms with Crippen molar-refractivity contribution in [2.75, 3.05) is 30.8 Å². The molecular formula is C19H26FN7. The van der Waals surface area contributed by atoms with Crippen LogP contribution in [0.1, 0.15) is 36.1 Å². The summed E-state index contributed by atoms with van der Waals surface area (Å²) in [6.07, 6.45) is 1.89. The zero-order chi connectivity index (χ0) is 19.0. The summed E-state index contributed by atoms with van der Waals surface area (Å²) in [7, 11) is 2.01. The SMILES string of the molecule is CN(CC1CNNC1c1ccc(F)cc1)c1cc(C2CC(N)C2)nc(N)n1. The molecule has 2 heterocycles. The maximum atomic E-state index is 13.2. The number of nitrogens with two attached hydrogens (primary N) is 2. The van der Waals surface area contributed by atoms with Gasteiger partial charge in [0, 0.05) is 44.1 Å². The van der Waals surface area contributed by atoms with E-state index < -0.39 is 0 Å². The van der Waals surface area contributed by atoms with Gasteiger partial charge in [0.25, 0.3) is 0 Å².